The quantitative estimate of drug-likeness (QED) is 0.195. The Bertz CT molecular complexity index is 1660. The maximum absolute atomic E-state index is 13.6. The number of hydrogen-bond acceptors (Lipinski definition) is 12. The zero-order chi connectivity index (χ0) is 30.0. The number of ether oxygens (including phenoxy) is 2. The molecule has 3 heterocycles. The summed E-state index contributed by atoms with van der Waals surface area (Å²) >= 11 is 0. The Morgan fingerprint density at radius 3 is 2.67 bits per heavy atom. The van der Waals surface area contributed by atoms with Crippen molar-refractivity contribution in [2.45, 2.75) is 45.8 Å². The van der Waals surface area contributed by atoms with Gasteiger partial charge in [-0.3, -0.25) is 9.59 Å². The molecule has 1 saturated carbocycles. The molecule has 4 aromatic rings. The van der Waals surface area contributed by atoms with Gasteiger partial charge in [0.2, 0.25) is 6.79 Å². The highest BCUT2D eigenvalue weighted by Gasteiger charge is 2.40. The zero-order valence-electron chi connectivity index (χ0n) is 22.9. The van der Waals surface area contributed by atoms with Crippen LogP contribution in [0.5, 0.6) is 0 Å². The predicted octanol–water partition coefficient (Wildman–Crippen LogP) is 2.95. The number of nitrogens with one attached hydrogen (secondary N) is 2. The topological polar surface area (TPSA) is 190 Å². The van der Waals surface area contributed by atoms with Gasteiger partial charge in [-0.15, -0.1) is 0 Å². The Labute approximate surface area is 238 Å². The summed E-state index contributed by atoms with van der Waals surface area (Å²) in [6.07, 6.45) is 3.00. The number of aliphatic hydroxyl groups excluding tert-OH is 1. The molecule has 0 bridgehead atoms. The average molecular weight is 578 g/mol. The van der Waals surface area contributed by atoms with Gasteiger partial charge in [-0.25, -0.2) is 24.0 Å². The van der Waals surface area contributed by atoms with Crippen LogP contribution in [-0.4, -0.2) is 72.6 Å². The van der Waals surface area contributed by atoms with Crippen LogP contribution in [0.15, 0.2) is 47.6 Å². The maximum atomic E-state index is 13.6. The molecule has 1 aromatic carbocycles. The number of aryl methyl sites for hydroxylation is 2. The smallest absolute Gasteiger partial charge is 0.419 e. The second kappa shape index (κ2) is 11.7. The van der Waals surface area contributed by atoms with Crippen molar-refractivity contribution in [3.63, 3.8) is 0 Å². The van der Waals surface area contributed by atoms with E-state index >= 15 is 0 Å². The summed E-state index contributed by atoms with van der Waals surface area (Å²) in [6.45, 7) is 4.03. The van der Waals surface area contributed by atoms with E-state index in [1.807, 2.05) is 6.92 Å². The van der Waals surface area contributed by atoms with Gasteiger partial charge in [-0.1, -0.05) is 11.2 Å². The van der Waals surface area contributed by atoms with Gasteiger partial charge in [0.15, 0.2) is 11.6 Å². The SMILES string of the molecule is Cc1ccc(C(=O)Nc2ccon2)cc1Nc1ncnn2cc(C(=O)N(C(=O)OCOC(=O)C(C)O)C3CC3)c(C)c12. The third-order valence-corrected chi connectivity index (χ3v) is 6.54. The number of esters is 1. The lowest BCUT2D eigenvalue weighted by molar-refractivity contribution is -0.161. The normalized spacial score (nSPS) is 13.3. The van der Waals surface area contributed by atoms with Crippen LogP contribution in [0, 0.1) is 13.8 Å². The predicted molar refractivity (Wildman–Crippen MR) is 145 cm³/mol. The van der Waals surface area contributed by atoms with E-state index in [2.05, 4.69) is 30.6 Å². The first-order valence-corrected chi connectivity index (χ1v) is 12.9. The van der Waals surface area contributed by atoms with Gasteiger partial charge >= 0.3 is 12.1 Å². The number of carbonyl (C=O) groups excluding carboxylic acids is 4. The van der Waals surface area contributed by atoms with Crippen LogP contribution in [0.25, 0.3) is 5.52 Å². The lowest BCUT2D eigenvalue weighted by Crippen LogP contribution is -2.40. The molecule has 0 spiro atoms. The number of aliphatic hydroxyl groups is 1. The minimum Gasteiger partial charge on any atom is -0.426 e. The first-order chi connectivity index (χ1) is 20.1. The lowest BCUT2D eigenvalue weighted by Gasteiger charge is -2.20. The lowest BCUT2D eigenvalue weighted by atomic mass is 10.1. The summed E-state index contributed by atoms with van der Waals surface area (Å²) in [7, 11) is 0. The highest BCUT2D eigenvalue weighted by Crippen LogP contribution is 2.32. The van der Waals surface area contributed by atoms with Crippen LogP contribution < -0.4 is 10.6 Å². The molecule has 3 amide bonds. The number of benzene rings is 1. The van der Waals surface area contributed by atoms with E-state index in [1.165, 1.54) is 36.3 Å². The van der Waals surface area contributed by atoms with Crippen molar-refractivity contribution in [1.82, 2.24) is 24.7 Å². The number of hydrogen-bond donors (Lipinski definition) is 3. The number of carbonyl (C=O) groups is 4. The summed E-state index contributed by atoms with van der Waals surface area (Å²) in [5.74, 6) is -1.32. The third-order valence-electron chi connectivity index (χ3n) is 6.54. The Morgan fingerprint density at radius 1 is 1.19 bits per heavy atom. The zero-order valence-corrected chi connectivity index (χ0v) is 22.9. The number of anilines is 3. The van der Waals surface area contributed by atoms with Gasteiger partial charge in [0, 0.05) is 29.6 Å². The molecule has 3 N–H and O–H groups in total. The maximum Gasteiger partial charge on any atom is 0.419 e. The molecule has 0 radical (unpaired) electrons. The summed E-state index contributed by atoms with van der Waals surface area (Å²) in [5.41, 5.74) is 2.95. The van der Waals surface area contributed by atoms with Gasteiger partial charge in [0.1, 0.15) is 24.2 Å². The van der Waals surface area contributed by atoms with Gasteiger partial charge in [0.25, 0.3) is 11.8 Å². The number of rotatable bonds is 9. The Balaban J connectivity index is 1.38. The van der Waals surface area contributed by atoms with Crippen LogP contribution >= 0.6 is 0 Å². The molecule has 1 aliphatic carbocycles. The standard InChI is InChI=1S/C27H27N7O8/c1-14-4-5-17(24(36)31-21-8-9-42-32-21)10-20(14)30-23-22-15(2)19(11-33(22)29-12-28-23)25(37)34(18-6-7-18)27(39)41-13-40-26(38)16(3)35/h4-5,8-12,16,18,35H,6-7,13H2,1-3H3,(H,28,29,30)(H,31,32,36). The molecule has 1 fully saturated rings. The van der Waals surface area contributed by atoms with Crippen LogP contribution in [0.1, 0.15) is 51.6 Å². The van der Waals surface area contributed by atoms with Crippen molar-refractivity contribution >= 4 is 46.7 Å². The van der Waals surface area contributed by atoms with Gasteiger partial charge in [0.05, 0.1) is 5.56 Å². The van der Waals surface area contributed by atoms with Crippen LogP contribution in [-0.2, 0) is 14.3 Å². The van der Waals surface area contributed by atoms with E-state index < -0.39 is 30.9 Å². The summed E-state index contributed by atoms with van der Waals surface area (Å²) < 4.78 is 15.9. The molecule has 0 aliphatic heterocycles. The number of fused-ring (bicyclic) bond motifs is 1. The van der Waals surface area contributed by atoms with Crippen molar-refractivity contribution in [3.05, 3.63) is 65.3 Å². The molecule has 1 aliphatic rings. The minimum atomic E-state index is -1.38. The van der Waals surface area contributed by atoms with E-state index in [1.54, 1.807) is 25.1 Å². The highest BCUT2D eigenvalue weighted by molar-refractivity contribution is 6.06. The van der Waals surface area contributed by atoms with E-state index in [9.17, 15) is 24.3 Å². The molecule has 0 saturated heterocycles. The molecule has 42 heavy (non-hydrogen) atoms. The number of imide groups is 1. The molecule has 1 atom stereocenters. The summed E-state index contributed by atoms with van der Waals surface area (Å²) in [6, 6.07) is 6.26. The van der Waals surface area contributed by atoms with Crippen molar-refractivity contribution in [2.24, 2.45) is 0 Å². The van der Waals surface area contributed by atoms with E-state index in [0.29, 0.717) is 41.0 Å². The van der Waals surface area contributed by atoms with E-state index in [4.69, 9.17) is 9.26 Å². The van der Waals surface area contributed by atoms with Crippen molar-refractivity contribution in [1.29, 1.82) is 0 Å². The molecule has 218 valence electrons. The molecule has 1 unspecified atom stereocenters. The first kappa shape index (κ1) is 28.2. The Morgan fingerprint density at radius 2 is 1.98 bits per heavy atom. The molecule has 5 rings (SSSR count). The van der Waals surface area contributed by atoms with E-state index in [0.717, 1.165) is 10.5 Å². The second-order valence-electron chi connectivity index (χ2n) is 9.64. The van der Waals surface area contributed by atoms with Gasteiger partial charge in [-0.2, -0.15) is 5.10 Å². The highest BCUT2D eigenvalue weighted by atomic mass is 16.7. The van der Waals surface area contributed by atoms with Crippen LogP contribution in [0.4, 0.5) is 22.1 Å². The molecule has 3 aromatic heterocycles. The van der Waals surface area contributed by atoms with Gasteiger partial charge in [-0.05, 0) is 56.9 Å². The fraction of sp³-hybridized carbons (Fsp3) is 0.296. The van der Waals surface area contributed by atoms with Crippen LogP contribution in [0.3, 0.4) is 0 Å². The second-order valence-corrected chi connectivity index (χ2v) is 9.64. The van der Waals surface area contributed by atoms with Gasteiger partial charge < -0.3 is 29.7 Å². The molecule has 15 heteroatoms. The average Bonchev–Trinajstić information content (AvgIpc) is 3.53. The number of nitrogens with zero attached hydrogens (tertiary/aromatic N) is 5. The Kier molecular flexibility index (Phi) is 7.84. The molecular weight excluding hydrogens is 550 g/mol. The van der Waals surface area contributed by atoms with E-state index in [-0.39, 0.29) is 23.3 Å². The number of aromatic nitrogens is 4. The third kappa shape index (κ3) is 5.90. The largest absolute Gasteiger partial charge is 0.426 e. The minimum absolute atomic E-state index is 0.195. The Hall–Kier alpha value is -5.31. The summed E-state index contributed by atoms with van der Waals surface area (Å²) in [5, 5.41) is 23.0. The van der Waals surface area contributed by atoms with Crippen molar-refractivity contribution < 1.29 is 38.3 Å². The first-order valence-electron chi connectivity index (χ1n) is 12.9. The fourth-order valence-corrected chi connectivity index (χ4v) is 4.15. The molecular formula is C27H27N7O8. The monoisotopic (exact) mass is 577 g/mol. The fourth-order valence-electron chi connectivity index (χ4n) is 4.15. The van der Waals surface area contributed by atoms with Crippen molar-refractivity contribution in [2.75, 3.05) is 17.4 Å². The molecule has 15 nitrogen and oxygen atoms in total. The van der Waals surface area contributed by atoms with Crippen LogP contribution in [0.2, 0.25) is 0 Å². The summed E-state index contributed by atoms with van der Waals surface area (Å²) in [4.78, 5) is 55.9. The van der Waals surface area contributed by atoms with Crippen molar-refractivity contribution in [3.8, 4) is 0 Å². The number of amides is 3.